The standard InChI is InChI=1S/C8H6N2O/c1-2-8(10-9-4-1)7-3-5-11-6-7/h1-6H. The first-order chi connectivity index (χ1) is 5.47. The van der Waals surface area contributed by atoms with Crippen molar-refractivity contribution in [2.75, 3.05) is 0 Å². The van der Waals surface area contributed by atoms with Crippen molar-refractivity contribution in [3.63, 3.8) is 0 Å². The van der Waals surface area contributed by atoms with Crippen LogP contribution >= 0.6 is 0 Å². The first-order valence-electron chi connectivity index (χ1n) is 3.27. The first kappa shape index (κ1) is 6.09. The molecule has 2 aromatic rings. The van der Waals surface area contributed by atoms with Crippen LogP contribution in [0.4, 0.5) is 0 Å². The molecule has 0 atom stereocenters. The molecule has 54 valence electrons. The van der Waals surface area contributed by atoms with Crippen molar-refractivity contribution in [3.8, 4) is 11.3 Å². The summed E-state index contributed by atoms with van der Waals surface area (Å²) in [5.74, 6) is 0. The lowest BCUT2D eigenvalue weighted by Crippen LogP contribution is -1.82. The Morgan fingerprint density at radius 2 is 2.27 bits per heavy atom. The molecule has 0 aliphatic heterocycles. The molecule has 11 heavy (non-hydrogen) atoms. The third-order valence-electron chi connectivity index (χ3n) is 1.39. The van der Waals surface area contributed by atoms with Gasteiger partial charge in [0, 0.05) is 11.8 Å². The van der Waals surface area contributed by atoms with Crippen LogP contribution in [0.1, 0.15) is 0 Å². The second-order valence-corrected chi connectivity index (χ2v) is 2.12. The number of aromatic nitrogens is 2. The molecule has 3 nitrogen and oxygen atoms in total. The Hall–Kier alpha value is -1.64. The smallest absolute Gasteiger partial charge is 0.0997 e. The molecule has 0 spiro atoms. The average molecular weight is 146 g/mol. The summed E-state index contributed by atoms with van der Waals surface area (Å²) in [4.78, 5) is 0. The van der Waals surface area contributed by atoms with Crippen molar-refractivity contribution < 1.29 is 4.42 Å². The van der Waals surface area contributed by atoms with Crippen LogP contribution in [-0.2, 0) is 0 Å². The molecule has 2 rings (SSSR count). The highest BCUT2D eigenvalue weighted by Gasteiger charge is 1.97. The van der Waals surface area contributed by atoms with Gasteiger partial charge in [-0.2, -0.15) is 10.2 Å². The van der Waals surface area contributed by atoms with E-state index >= 15 is 0 Å². The van der Waals surface area contributed by atoms with Crippen LogP contribution < -0.4 is 0 Å². The molecule has 0 fully saturated rings. The largest absolute Gasteiger partial charge is 0.472 e. The molecule has 0 unspecified atom stereocenters. The molecule has 0 aliphatic rings. The monoisotopic (exact) mass is 146 g/mol. The van der Waals surface area contributed by atoms with E-state index in [1.165, 1.54) is 0 Å². The molecule has 0 saturated heterocycles. The normalized spacial score (nSPS) is 9.82. The highest BCUT2D eigenvalue weighted by Crippen LogP contribution is 2.14. The third-order valence-corrected chi connectivity index (χ3v) is 1.39. The van der Waals surface area contributed by atoms with Gasteiger partial charge in [0.2, 0.25) is 0 Å². The number of hydrogen-bond donors (Lipinski definition) is 0. The Morgan fingerprint density at radius 1 is 1.27 bits per heavy atom. The van der Waals surface area contributed by atoms with Gasteiger partial charge >= 0.3 is 0 Å². The van der Waals surface area contributed by atoms with Gasteiger partial charge < -0.3 is 4.42 Å². The van der Waals surface area contributed by atoms with Crippen LogP contribution in [0.25, 0.3) is 11.3 Å². The minimum Gasteiger partial charge on any atom is -0.472 e. The Kier molecular flexibility index (Phi) is 1.41. The predicted molar refractivity (Wildman–Crippen MR) is 39.7 cm³/mol. The van der Waals surface area contributed by atoms with Crippen LogP contribution in [-0.4, -0.2) is 10.2 Å². The maximum atomic E-state index is 4.90. The van der Waals surface area contributed by atoms with Crippen molar-refractivity contribution in [1.29, 1.82) is 0 Å². The molecule has 0 aliphatic carbocycles. The lowest BCUT2D eigenvalue weighted by molar-refractivity contribution is 0.568. The van der Waals surface area contributed by atoms with Crippen molar-refractivity contribution in [3.05, 3.63) is 36.9 Å². The van der Waals surface area contributed by atoms with Crippen molar-refractivity contribution in [1.82, 2.24) is 10.2 Å². The van der Waals surface area contributed by atoms with Gasteiger partial charge in [-0.15, -0.1) is 0 Å². The summed E-state index contributed by atoms with van der Waals surface area (Å²) in [6.07, 6.45) is 4.90. The maximum Gasteiger partial charge on any atom is 0.0997 e. The van der Waals surface area contributed by atoms with E-state index in [2.05, 4.69) is 10.2 Å². The molecular weight excluding hydrogens is 140 g/mol. The van der Waals surface area contributed by atoms with Crippen LogP contribution in [0.15, 0.2) is 41.3 Å². The lowest BCUT2D eigenvalue weighted by atomic mass is 10.2. The minimum absolute atomic E-state index is 0.834. The Labute approximate surface area is 63.7 Å². The zero-order chi connectivity index (χ0) is 7.52. The minimum atomic E-state index is 0.834. The fourth-order valence-corrected chi connectivity index (χ4v) is 0.866. The fraction of sp³-hybridized carbons (Fsp3) is 0. The molecule has 0 saturated carbocycles. The molecule has 0 aromatic carbocycles. The predicted octanol–water partition coefficient (Wildman–Crippen LogP) is 1.74. The topological polar surface area (TPSA) is 38.9 Å². The van der Waals surface area contributed by atoms with Crippen LogP contribution in [0.2, 0.25) is 0 Å². The fourth-order valence-electron chi connectivity index (χ4n) is 0.866. The van der Waals surface area contributed by atoms with E-state index in [1.54, 1.807) is 18.7 Å². The van der Waals surface area contributed by atoms with Gasteiger partial charge in [0.15, 0.2) is 0 Å². The van der Waals surface area contributed by atoms with Gasteiger partial charge in [-0.05, 0) is 18.2 Å². The Bertz CT molecular complexity index is 315. The number of hydrogen-bond acceptors (Lipinski definition) is 3. The molecule has 0 radical (unpaired) electrons. The molecule has 2 aromatic heterocycles. The molecule has 0 N–H and O–H groups in total. The number of furan rings is 1. The molecular formula is C8H6N2O. The molecule has 0 amide bonds. The highest BCUT2D eigenvalue weighted by molar-refractivity contribution is 5.55. The summed E-state index contributed by atoms with van der Waals surface area (Å²) < 4.78 is 4.90. The summed E-state index contributed by atoms with van der Waals surface area (Å²) in [5.41, 5.74) is 1.79. The van der Waals surface area contributed by atoms with Crippen molar-refractivity contribution in [2.24, 2.45) is 0 Å². The zero-order valence-corrected chi connectivity index (χ0v) is 5.77. The molecule has 3 heteroatoms. The van der Waals surface area contributed by atoms with Crippen molar-refractivity contribution in [2.45, 2.75) is 0 Å². The van der Waals surface area contributed by atoms with E-state index in [1.807, 2.05) is 18.2 Å². The third kappa shape index (κ3) is 1.12. The van der Waals surface area contributed by atoms with Crippen LogP contribution in [0.3, 0.4) is 0 Å². The SMILES string of the molecule is c1cnnc(-c2ccoc2)c1. The maximum absolute atomic E-state index is 4.90. The lowest BCUT2D eigenvalue weighted by Gasteiger charge is -1.89. The van der Waals surface area contributed by atoms with E-state index < -0.39 is 0 Å². The molecule has 2 heterocycles. The Morgan fingerprint density at radius 3 is 2.91 bits per heavy atom. The second-order valence-electron chi connectivity index (χ2n) is 2.12. The van der Waals surface area contributed by atoms with Crippen LogP contribution in [0.5, 0.6) is 0 Å². The second kappa shape index (κ2) is 2.54. The summed E-state index contributed by atoms with van der Waals surface area (Å²) >= 11 is 0. The summed E-state index contributed by atoms with van der Waals surface area (Å²) in [5, 5.41) is 7.66. The van der Waals surface area contributed by atoms with Gasteiger partial charge in [0.25, 0.3) is 0 Å². The van der Waals surface area contributed by atoms with Gasteiger partial charge in [-0.25, -0.2) is 0 Å². The van der Waals surface area contributed by atoms with Gasteiger partial charge in [-0.3, -0.25) is 0 Å². The molecule has 0 bridgehead atoms. The number of nitrogens with zero attached hydrogens (tertiary/aromatic N) is 2. The number of rotatable bonds is 1. The van der Waals surface area contributed by atoms with Gasteiger partial charge in [-0.1, -0.05) is 0 Å². The van der Waals surface area contributed by atoms with E-state index in [-0.39, 0.29) is 0 Å². The average Bonchev–Trinajstić information content (AvgIpc) is 2.58. The zero-order valence-electron chi connectivity index (χ0n) is 5.77. The summed E-state index contributed by atoms with van der Waals surface area (Å²) in [6.45, 7) is 0. The van der Waals surface area contributed by atoms with E-state index in [0.717, 1.165) is 11.3 Å². The summed E-state index contributed by atoms with van der Waals surface area (Å²) in [7, 11) is 0. The van der Waals surface area contributed by atoms with Gasteiger partial charge in [0.05, 0.1) is 18.2 Å². The van der Waals surface area contributed by atoms with E-state index in [0.29, 0.717) is 0 Å². The highest BCUT2D eigenvalue weighted by atomic mass is 16.3. The van der Waals surface area contributed by atoms with E-state index in [4.69, 9.17) is 4.42 Å². The van der Waals surface area contributed by atoms with Crippen LogP contribution in [0, 0.1) is 0 Å². The summed E-state index contributed by atoms with van der Waals surface area (Å²) in [6, 6.07) is 5.58. The van der Waals surface area contributed by atoms with Crippen molar-refractivity contribution >= 4 is 0 Å². The Balaban J connectivity index is 2.46. The van der Waals surface area contributed by atoms with Gasteiger partial charge in [0.1, 0.15) is 0 Å². The quantitative estimate of drug-likeness (QED) is 0.615. The first-order valence-corrected chi connectivity index (χ1v) is 3.27. The van der Waals surface area contributed by atoms with E-state index in [9.17, 15) is 0 Å².